The quantitative estimate of drug-likeness (QED) is 0.810. The standard InChI is InChI=1S/C13H21N3O/c1-9(2)7-11(14)13(17)16-8-12-10(3)5-4-6-15-12/h4-6,9,11H,7-8,14H2,1-3H3,(H,16,17)/t11-/m0/s1. The van der Waals surface area contributed by atoms with E-state index in [4.69, 9.17) is 5.73 Å². The van der Waals surface area contributed by atoms with Gasteiger partial charge in [0.05, 0.1) is 18.3 Å². The van der Waals surface area contributed by atoms with Crippen molar-refractivity contribution < 1.29 is 4.79 Å². The summed E-state index contributed by atoms with van der Waals surface area (Å²) in [6, 6.07) is 3.42. The zero-order chi connectivity index (χ0) is 12.8. The van der Waals surface area contributed by atoms with Gasteiger partial charge in [0, 0.05) is 6.20 Å². The van der Waals surface area contributed by atoms with Crippen molar-refractivity contribution in [1.29, 1.82) is 0 Å². The first kappa shape index (κ1) is 13.6. The van der Waals surface area contributed by atoms with Crippen LogP contribution in [0.5, 0.6) is 0 Å². The molecule has 0 unspecified atom stereocenters. The first-order valence-electron chi connectivity index (χ1n) is 5.94. The molecule has 0 aliphatic heterocycles. The highest BCUT2D eigenvalue weighted by Gasteiger charge is 2.14. The molecule has 0 aromatic carbocycles. The lowest BCUT2D eigenvalue weighted by molar-refractivity contribution is -0.122. The molecular weight excluding hydrogens is 214 g/mol. The minimum absolute atomic E-state index is 0.108. The fourth-order valence-corrected chi connectivity index (χ4v) is 1.62. The van der Waals surface area contributed by atoms with E-state index in [2.05, 4.69) is 24.1 Å². The second-order valence-electron chi connectivity index (χ2n) is 4.72. The van der Waals surface area contributed by atoms with Gasteiger partial charge in [0.15, 0.2) is 0 Å². The monoisotopic (exact) mass is 235 g/mol. The highest BCUT2D eigenvalue weighted by molar-refractivity contribution is 5.81. The molecule has 3 N–H and O–H groups in total. The van der Waals surface area contributed by atoms with Crippen LogP contribution in [-0.4, -0.2) is 16.9 Å². The van der Waals surface area contributed by atoms with Gasteiger partial charge in [0.25, 0.3) is 0 Å². The number of nitrogens with zero attached hydrogens (tertiary/aromatic N) is 1. The van der Waals surface area contributed by atoms with E-state index in [1.54, 1.807) is 6.20 Å². The first-order valence-corrected chi connectivity index (χ1v) is 5.94. The summed E-state index contributed by atoms with van der Waals surface area (Å²) >= 11 is 0. The van der Waals surface area contributed by atoms with Crippen molar-refractivity contribution in [2.75, 3.05) is 0 Å². The molecule has 0 aliphatic carbocycles. The fourth-order valence-electron chi connectivity index (χ4n) is 1.62. The van der Waals surface area contributed by atoms with Crippen molar-refractivity contribution in [1.82, 2.24) is 10.3 Å². The van der Waals surface area contributed by atoms with E-state index in [9.17, 15) is 4.79 Å². The summed E-state index contributed by atoms with van der Waals surface area (Å²) in [5, 5.41) is 2.82. The van der Waals surface area contributed by atoms with Gasteiger partial charge in [-0.05, 0) is 30.9 Å². The number of pyridine rings is 1. The Morgan fingerprint density at radius 2 is 2.24 bits per heavy atom. The lowest BCUT2D eigenvalue weighted by Gasteiger charge is -2.14. The summed E-state index contributed by atoms with van der Waals surface area (Å²) in [6.07, 6.45) is 2.43. The van der Waals surface area contributed by atoms with Crippen molar-refractivity contribution in [3.05, 3.63) is 29.6 Å². The third kappa shape index (κ3) is 4.53. The Morgan fingerprint density at radius 1 is 1.53 bits per heavy atom. The van der Waals surface area contributed by atoms with Crippen LogP contribution in [0.1, 0.15) is 31.5 Å². The van der Waals surface area contributed by atoms with Crippen LogP contribution in [-0.2, 0) is 11.3 Å². The Balaban J connectivity index is 2.46. The molecule has 0 fully saturated rings. The molecular formula is C13H21N3O. The van der Waals surface area contributed by atoms with Crippen molar-refractivity contribution in [3.63, 3.8) is 0 Å². The first-order chi connectivity index (χ1) is 8.00. The summed E-state index contributed by atoms with van der Waals surface area (Å²) in [5.41, 5.74) is 7.75. The highest BCUT2D eigenvalue weighted by atomic mass is 16.2. The van der Waals surface area contributed by atoms with Crippen molar-refractivity contribution >= 4 is 5.91 Å². The number of carbonyl (C=O) groups is 1. The Kier molecular flexibility index (Phi) is 5.10. The number of hydrogen-bond acceptors (Lipinski definition) is 3. The normalized spacial score (nSPS) is 12.5. The third-order valence-corrected chi connectivity index (χ3v) is 2.61. The predicted molar refractivity (Wildman–Crippen MR) is 68.3 cm³/mol. The van der Waals surface area contributed by atoms with Crippen molar-refractivity contribution in [2.24, 2.45) is 11.7 Å². The second-order valence-corrected chi connectivity index (χ2v) is 4.72. The van der Waals surface area contributed by atoms with Crippen LogP contribution in [0.3, 0.4) is 0 Å². The summed E-state index contributed by atoms with van der Waals surface area (Å²) in [5.74, 6) is 0.316. The topological polar surface area (TPSA) is 68.0 Å². The SMILES string of the molecule is Cc1cccnc1CNC(=O)[C@@H](N)CC(C)C. The third-order valence-electron chi connectivity index (χ3n) is 2.61. The molecule has 4 nitrogen and oxygen atoms in total. The van der Waals surface area contributed by atoms with Gasteiger partial charge in [-0.25, -0.2) is 0 Å². The number of nitrogens with two attached hydrogens (primary N) is 1. The number of aromatic nitrogens is 1. The molecule has 4 heteroatoms. The van der Waals surface area contributed by atoms with Gasteiger partial charge in [-0.15, -0.1) is 0 Å². The lowest BCUT2D eigenvalue weighted by atomic mass is 10.0. The molecule has 17 heavy (non-hydrogen) atoms. The number of nitrogens with one attached hydrogen (secondary N) is 1. The molecule has 0 aliphatic rings. The number of aryl methyl sites for hydroxylation is 1. The molecule has 0 radical (unpaired) electrons. The highest BCUT2D eigenvalue weighted by Crippen LogP contribution is 2.04. The lowest BCUT2D eigenvalue weighted by Crippen LogP contribution is -2.41. The van der Waals surface area contributed by atoms with Crippen LogP contribution < -0.4 is 11.1 Å². The number of hydrogen-bond donors (Lipinski definition) is 2. The van der Waals surface area contributed by atoms with Gasteiger partial charge in [-0.2, -0.15) is 0 Å². The number of rotatable bonds is 5. The summed E-state index contributed by atoms with van der Waals surface area (Å²) in [4.78, 5) is 15.9. The van der Waals surface area contributed by atoms with Gasteiger partial charge < -0.3 is 11.1 Å². The van der Waals surface area contributed by atoms with E-state index in [-0.39, 0.29) is 5.91 Å². The summed E-state index contributed by atoms with van der Waals surface area (Å²) in [7, 11) is 0. The van der Waals surface area contributed by atoms with Crippen LogP contribution in [0.2, 0.25) is 0 Å². The number of carbonyl (C=O) groups excluding carboxylic acids is 1. The van der Waals surface area contributed by atoms with E-state index in [0.29, 0.717) is 18.9 Å². The maximum atomic E-state index is 11.7. The number of amides is 1. The molecule has 0 saturated heterocycles. The van der Waals surface area contributed by atoms with Gasteiger partial charge in [-0.3, -0.25) is 9.78 Å². The van der Waals surface area contributed by atoms with Gasteiger partial charge in [0.1, 0.15) is 0 Å². The Morgan fingerprint density at radius 3 is 2.82 bits per heavy atom. The molecule has 1 aromatic heterocycles. The van der Waals surface area contributed by atoms with E-state index in [1.807, 2.05) is 19.1 Å². The molecule has 1 aromatic rings. The van der Waals surface area contributed by atoms with Gasteiger partial charge in [0.2, 0.25) is 5.91 Å². The fraction of sp³-hybridized carbons (Fsp3) is 0.538. The van der Waals surface area contributed by atoms with E-state index < -0.39 is 6.04 Å². The molecule has 0 saturated carbocycles. The molecule has 1 amide bonds. The molecule has 1 atom stereocenters. The summed E-state index contributed by atoms with van der Waals surface area (Å²) < 4.78 is 0. The van der Waals surface area contributed by atoms with Crippen LogP contribution in [0.25, 0.3) is 0 Å². The zero-order valence-electron chi connectivity index (χ0n) is 10.7. The molecule has 0 bridgehead atoms. The van der Waals surface area contributed by atoms with Crippen molar-refractivity contribution in [3.8, 4) is 0 Å². The van der Waals surface area contributed by atoms with Crippen LogP contribution in [0.4, 0.5) is 0 Å². The maximum Gasteiger partial charge on any atom is 0.237 e. The smallest absolute Gasteiger partial charge is 0.237 e. The van der Waals surface area contributed by atoms with E-state index >= 15 is 0 Å². The Hall–Kier alpha value is -1.42. The zero-order valence-corrected chi connectivity index (χ0v) is 10.7. The maximum absolute atomic E-state index is 11.7. The minimum atomic E-state index is -0.431. The van der Waals surface area contributed by atoms with Gasteiger partial charge in [-0.1, -0.05) is 19.9 Å². The molecule has 1 rings (SSSR count). The minimum Gasteiger partial charge on any atom is -0.349 e. The average molecular weight is 235 g/mol. The molecule has 1 heterocycles. The Bertz CT molecular complexity index is 377. The van der Waals surface area contributed by atoms with Crippen LogP contribution in [0, 0.1) is 12.8 Å². The average Bonchev–Trinajstić information content (AvgIpc) is 2.26. The predicted octanol–water partition coefficient (Wildman–Crippen LogP) is 1.38. The largest absolute Gasteiger partial charge is 0.349 e. The van der Waals surface area contributed by atoms with Gasteiger partial charge >= 0.3 is 0 Å². The molecule has 94 valence electrons. The van der Waals surface area contributed by atoms with Crippen molar-refractivity contribution in [2.45, 2.75) is 39.8 Å². The Labute approximate surface area is 103 Å². The summed E-state index contributed by atoms with van der Waals surface area (Å²) in [6.45, 7) is 6.52. The molecule has 0 spiro atoms. The van der Waals surface area contributed by atoms with E-state index in [0.717, 1.165) is 11.3 Å². The second kappa shape index (κ2) is 6.35. The van der Waals surface area contributed by atoms with Crippen LogP contribution >= 0.6 is 0 Å². The van der Waals surface area contributed by atoms with Crippen LogP contribution in [0.15, 0.2) is 18.3 Å². The van der Waals surface area contributed by atoms with E-state index in [1.165, 1.54) is 0 Å².